The first kappa shape index (κ1) is 12.0. The van der Waals surface area contributed by atoms with Crippen LogP contribution in [-0.2, 0) is 0 Å². The molecule has 1 fully saturated rings. The summed E-state index contributed by atoms with van der Waals surface area (Å²) in [5.41, 5.74) is 7.08. The Morgan fingerprint density at radius 3 is 3.06 bits per heavy atom. The maximum absolute atomic E-state index is 13.3. The molecule has 1 unspecified atom stereocenters. The third kappa shape index (κ3) is 2.83. The predicted octanol–water partition coefficient (Wildman–Crippen LogP) is 3.48. The van der Waals surface area contributed by atoms with E-state index in [0.717, 1.165) is 6.54 Å². The van der Waals surface area contributed by atoms with Crippen molar-refractivity contribution in [1.82, 2.24) is 0 Å². The average Bonchev–Trinajstić information content (AvgIpc) is 2.74. The molecule has 3 N–H and O–H groups in total. The van der Waals surface area contributed by atoms with Gasteiger partial charge < -0.3 is 11.1 Å². The minimum atomic E-state index is -0.282. The third-order valence-corrected chi connectivity index (χ3v) is 4.64. The van der Waals surface area contributed by atoms with Crippen LogP contribution in [0.4, 0.5) is 15.8 Å². The fourth-order valence-electron chi connectivity index (χ4n) is 1.74. The topological polar surface area (TPSA) is 38.0 Å². The quantitative estimate of drug-likeness (QED) is 0.840. The molecule has 1 aromatic carbocycles. The van der Waals surface area contributed by atoms with Crippen molar-refractivity contribution in [1.29, 1.82) is 0 Å². The van der Waals surface area contributed by atoms with E-state index in [2.05, 4.69) is 21.2 Å². The highest BCUT2D eigenvalue weighted by Gasteiger charge is 2.15. The summed E-state index contributed by atoms with van der Waals surface area (Å²) >= 11 is 5.08. The summed E-state index contributed by atoms with van der Waals surface area (Å²) in [6.45, 7) is 0.857. The fraction of sp³-hybridized carbons (Fsp3) is 0.455. The van der Waals surface area contributed by atoms with E-state index >= 15 is 0 Å². The molecule has 0 aromatic heterocycles. The van der Waals surface area contributed by atoms with E-state index in [4.69, 9.17) is 5.73 Å². The van der Waals surface area contributed by atoms with Gasteiger partial charge in [-0.25, -0.2) is 4.39 Å². The van der Waals surface area contributed by atoms with Gasteiger partial charge in [-0.15, -0.1) is 0 Å². The largest absolute Gasteiger partial charge is 0.397 e. The van der Waals surface area contributed by atoms with E-state index in [1.165, 1.54) is 24.7 Å². The van der Waals surface area contributed by atoms with E-state index < -0.39 is 0 Å². The van der Waals surface area contributed by atoms with Crippen LogP contribution in [0, 0.1) is 5.82 Å². The maximum Gasteiger partial charge on any atom is 0.139 e. The number of anilines is 2. The fourth-order valence-corrected chi connectivity index (χ4v) is 3.31. The molecular formula is C11H14BrFN2S. The Balaban J connectivity index is 2.00. The Labute approximate surface area is 107 Å². The number of hydrogen-bond acceptors (Lipinski definition) is 3. The van der Waals surface area contributed by atoms with Crippen LogP contribution >= 0.6 is 27.7 Å². The Bertz CT molecular complexity index is 380. The first-order valence-electron chi connectivity index (χ1n) is 5.27. The van der Waals surface area contributed by atoms with Gasteiger partial charge in [-0.05, 0) is 40.6 Å². The van der Waals surface area contributed by atoms with Crippen molar-refractivity contribution in [2.24, 2.45) is 0 Å². The molecule has 1 saturated heterocycles. The highest BCUT2D eigenvalue weighted by Crippen LogP contribution is 2.29. The number of rotatable bonds is 3. The lowest BCUT2D eigenvalue weighted by Crippen LogP contribution is -2.14. The monoisotopic (exact) mass is 304 g/mol. The lowest BCUT2D eigenvalue weighted by atomic mass is 10.2. The summed E-state index contributed by atoms with van der Waals surface area (Å²) in [5.74, 6) is 0.951. The molecule has 0 amide bonds. The van der Waals surface area contributed by atoms with Crippen molar-refractivity contribution in [3.8, 4) is 0 Å². The van der Waals surface area contributed by atoms with Gasteiger partial charge >= 0.3 is 0 Å². The van der Waals surface area contributed by atoms with Crippen LogP contribution in [0.1, 0.15) is 12.8 Å². The Morgan fingerprint density at radius 1 is 1.56 bits per heavy atom. The van der Waals surface area contributed by atoms with Gasteiger partial charge in [0.1, 0.15) is 5.82 Å². The lowest BCUT2D eigenvalue weighted by molar-refractivity contribution is 0.621. The molecule has 2 rings (SSSR count). The zero-order valence-corrected chi connectivity index (χ0v) is 11.2. The van der Waals surface area contributed by atoms with E-state index in [0.29, 0.717) is 21.1 Å². The summed E-state index contributed by atoms with van der Waals surface area (Å²) in [6, 6.07) is 3.04. The van der Waals surface area contributed by atoms with Gasteiger partial charge in [0.05, 0.1) is 15.8 Å². The van der Waals surface area contributed by atoms with E-state index in [9.17, 15) is 4.39 Å². The molecule has 1 aliphatic rings. The summed E-state index contributed by atoms with van der Waals surface area (Å²) in [7, 11) is 0. The van der Waals surface area contributed by atoms with E-state index in [1.54, 1.807) is 6.07 Å². The molecule has 2 nitrogen and oxygen atoms in total. The van der Waals surface area contributed by atoms with Gasteiger partial charge in [0.15, 0.2) is 0 Å². The Hall–Kier alpha value is -0.420. The van der Waals surface area contributed by atoms with Gasteiger partial charge in [0.2, 0.25) is 0 Å². The number of benzene rings is 1. The molecule has 5 heteroatoms. The second-order valence-corrected chi connectivity index (χ2v) is 6.13. The minimum Gasteiger partial charge on any atom is -0.397 e. The number of nitrogen functional groups attached to an aromatic ring is 1. The van der Waals surface area contributed by atoms with Crippen LogP contribution in [0.2, 0.25) is 0 Å². The van der Waals surface area contributed by atoms with Gasteiger partial charge in [-0.3, -0.25) is 0 Å². The molecule has 1 aliphatic heterocycles. The molecule has 1 atom stereocenters. The van der Waals surface area contributed by atoms with Gasteiger partial charge in [-0.1, -0.05) is 0 Å². The SMILES string of the molecule is Nc1cc(Br)c(F)cc1NCC1CCCS1. The van der Waals surface area contributed by atoms with Crippen molar-refractivity contribution in [3.63, 3.8) is 0 Å². The van der Waals surface area contributed by atoms with Crippen LogP contribution < -0.4 is 11.1 Å². The predicted molar refractivity (Wildman–Crippen MR) is 72.5 cm³/mol. The Morgan fingerprint density at radius 2 is 2.38 bits per heavy atom. The Kier molecular flexibility index (Phi) is 3.97. The van der Waals surface area contributed by atoms with Crippen LogP contribution in [-0.4, -0.2) is 17.5 Å². The highest BCUT2D eigenvalue weighted by atomic mass is 79.9. The zero-order valence-electron chi connectivity index (χ0n) is 8.80. The molecule has 1 aromatic rings. The third-order valence-electron chi connectivity index (χ3n) is 2.64. The second kappa shape index (κ2) is 5.27. The van der Waals surface area contributed by atoms with Crippen LogP contribution in [0.5, 0.6) is 0 Å². The van der Waals surface area contributed by atoms with Crippen molar-refractivity contribution >= 4 is 39.1 Å². The number of nitrogens with one attached hydrogen (secondary N) is 1. The van der Waals surface area contributed by atoms with Crippen molar-refractivity contribution < 1.29 is 4.39 Å². The number of hydrogen-bond donors (Lipinski definition) is 2. The molecule has 1 heterocycles. The smallest absolute Gasteiger partial charge is 0.139 e. The summed E-state index contributed by atoms with van der Waals surface area (Å²) in [6.07, 6.45) is 2.51. The lowest BCUT2D eigenvalue weighted by Gasteiger charge is -2.13. The second-order valence-electron chi connectivity index (χ2n) is 3.87. The number of nitrogens with two attached hydrogens (primary N) is 1. The highest BCUT2D eigenvalue weighted by molar-refractivity contribution is 9.10. The first-order valence-corrected chi connectivity index (χ1v) is 7.11. The molecule has 0 saturated carbocycles. The van der Waals surface area contributed by atoms with E-state index in [1.807, 2.05) is 11.8 Å². The summed E-state index contributed by atoms with van der Waals surface area (Å²) in [4.78, 5) is 0. The van der Waals surface area contributed by atoms with Crippen molar-refractivity contribution in [2.45, 2.75) is 18.1 Å². The zero-order chi connectivity index (χ0) is 11.5. The summed E-state index contributed by atoms with van der Waals surface area (Å²) < 4.78 is 13.7. The number of halogens is 2. The number of thioether (sulfide) groups is 1. The van der Waals surface area contributed by atoms with Crippen LogP contribution in [0.15, 0.2) is 16.6 Å². The van der Waals surface area contributed by atoms with Crippen molar-refractivity contribution in [2.75, 3.05) is 23.3 Å². The maximum atomic E-state index is 13.3. The normalized spacial score (nSPS) is 20.0. The standard InChI is InChI=1S/C11H14BrFN2S/c12-8-4-10(14)11(5-9(8)13)15-6-7-2-1-3-16-7/h4-5,7,15H,1-3,6,14H2. The molecule has 0 radical (unpaired) electrons. The molecule has 88 valence electrons. The molecule has 16 heavy (non-hydrogen) atoms. The molecule has 0 bridgehead atoms. The van der Waals surface area contributed by atoms with Crippen molar-refractivity contribution in [3.05, 3.63) is 22.4 Å². The molecular weight excluding hydrogens is 291 g/mol. The minimum absolute atomic E-state index is 0.282. The first-order chi connectivity index (χ1) is 7.66. The average molecular weight is 305 g/mol. The van der Waals surface area contributed by atoms with Gasteiger partial charge in [0.25, 0.3) is 0 Å². The molecule has 0 aliphatic carbocycles. The van der Waals surface area contributed by atoms with E-state index in [-0.39, 0.29) is 5.82 Å². The summed E-state index contributed by atoms with van der Waals surface area (Å²) in [5, 5.41) is 3.85. The van der Waals surface area contributed by atoms with Crippen LogP contribution in [0.25, 0.3) is 0 Å². The molecule has 0 spiro atoms. The van der Waals surface area contributed by atoms with Gasteiger partial charge in [0, 0.05) is 17.9 Å². The van der Waals surface area contributed by atoms with Gasteiger partial charge in [-0.2, -0.15) is 11.8 Å². The van der Waals surface area contributed by atoms with Crippen LogP contribution in [0.3, 0.4) is 0 Å².